The van der Waals surface area contributed by atoms with Crippen molar-refractivity contribution < 1.29 is 321 Å². The van der Waals surface area contributed by atoms with Gasteiger partial charge in [-0.3, -0.25) is 0 Å². The van der Waals surface area contributed by atoms with E-state index in [9.17, 15) is 202 Å². The maximum absolute atomic E-state index is 12.8. The molecule has 0 amide bonds. The maximum atomic E-state index is 12.8. The minimum absolute atomic E-state index is 0.665. The van der Waals surface area contributed by atoms with E-state index in [1.807, 2.05) is 0 Å². The highest BCUT2D eigenvalue weighted by Gasteiger charge is 2.64. The minimum Gasteiger partial charge on any atom is -0.479 e. The highest BCUT2D eigenvalue weighted by molar-refractivity contribution is 5.75. The van der Waals surface area contributed by atoms with Gasteiger partial charge in [-0.2, -0.15) is 0 Å². The van der Waals surface area contributed by atoms with E-state index in [4.69, 9.17) is 118 Å². The van der Waals surface area contributed by atoms with Gasteiger partial charge < -0.3 is 292 Å². The van der Waals surface area contributed by atoms with Crippen molar-refractivity contribution in [1.82, 2.24) is 0 Å². The van der Waals surface area contributed by atoms with Crippen molar-refractivity contribution in [3.8, 4) is 0 Å². The van der Waals surface area contributed by atoms with Crippen LogP contribution >= 0.6 is 0 Å². The Morgan fingerprint density at radius 3 is 0.471 bits per heavy atom. The third-order valence-electron chi connectivity index (χ3n) is 24.2. The monoisotopic (exact) mass is 2000 g/mol. The van der Waals surface area contributed by atoms with Crippen molar-refractivity contribution >= 4 is 35.8 Å². The molecular weight excluding hydrogens is 1890 g/mol. The molecule has 13 heterocycles. The molecule has 13 fully saturated rings. The summed E-state index contributed by atoms with van der Waals surface area (Å²) in [6.07, 6.45) is -135. The summed E-state index contributed by atoms with van der Waals surface area (Å²) in [5.41, 5.74) is 0. The van der Waals surface area contributed by atoms with Crippen molar-refractivity contribution in [3.63, 3.8) is 0 Å². The van der Waals surface area contributed by atoms with E-state index in [-0.39, 0.29) is 0 Å². The summed E-state index contributed by atoms with van der Waals surface area (Å²) in [7, 11) is 0. The van der Waals surface area contributed by atoms with Gasteiger partial charge in [-0.25, -0.2) is 28.8 Å². The third kappa shape index (κ3) is 22.5. The Labute approximate surface area is 757 Å². The largest absolute Gasteiger partial charge is 0.479 e. The molecule has 65 nitrogen and oxygen atoms in total. The van der Waals surface area contributed by atoms with Crippen molar-refractivity contribution in [2.45, 2.75) is 356 Å². The van der Waals surface area contributed by atoms with Crippen molar-refractivity contribution in [2.24, 2.45) is 0 Å². The Kier molecular flexibility index (Phi) is 35.7. The number of carboxylic acid groups (broad SMARTS) is 6. The molecule has 58 atom stereocenters. The lowest BCUT2D eigenvalue weighted by atomic mass is 9.96. The second-order valence-corrected chi connectivity index (χ2v) is 33.5. The fourth-order valence-corrected chi connectivity index (χ4v) is 16.9. The molecule has 0 aromatic rings. The molecule has 65 heteroatoms. The van der Waals surface area contributed by atoms with Crippen LogP contribution in [0, 0.1) is 0 Å². The van der Waals surface area contributed by atoms with Gasteiger partial charge in [-0.05, 0) is 0 Å². The average Bonchev–Trinajstić information content (AvgIpc) is 0.787. The number of hydrogen-bond acceptors (Lipinski definition) is 59. The number of carbonyl (C=O) groups is 6. The molecule has 0 aromatic carbocycles. The molecule has 13 aliphatic rings. The standard InChI is InChI=1S/C71H106O65/c72-8-1-113-60(16(80)15(8)79)125-41-17(81)47(53(99)100)132-67(29(41)93)120-36-10(74)3-115-62(24(36)88)127-43-19(83)49(55(103)104)134-69(31(43)95)122-38-12(76)5-117-64(26(38)90)129-45-21(85)51(57(107)108)136-71(33(45)97)124-40-14(78)7-118-65(28(40)92)130-46-22(86)52(58(109)110)135-70(34(46)98)123-39-13(77)6-116-63(27(39)91)128-44-20(84)50(56(105)106)133-68(32(44)96)121-37-11(75)4-114-61(25(37)89)126-42-18(82)48(54(101)102)131-66(30(42)94)119-35-9(73)2-112-59(111)23(35)87/h8-52,59-98,111H,1-7H2,(H,99,100)(H,101,102)(H,103,104)(H,105,106)(H,107,108)(H,109,110)/t8-,9-,10-,11-,12-,13-,14-,15+,16-,17+,18+,19+,20+,21+,22+,23-,24-,25-,26-,27-,28-,29-,30-,31-,32-,33-,34-,35+,36+,37+,38+,39+,40+,41+,42+,43+,44+,45+,46+,47+,48+,49+,50+,51+,52+,59+,60-,61-,62-,63-,64-,65-,66-,67-,68-,69-,70-,71-/m1/s1. The summed E-state index contributed by atoms with van der Waals surface area (Å²) in [5, 5.41) is 374. The van der Waals surface area contributed by atoms with Gasteiger partial charge in [-0.1, -0.05) is 0 Å². The molecule has 0 radical (unpaired) electrons. The molecule has 780 valence electrons. The van der Waals surface area contributed by atoms with E-state index in [2.05, 4.69) is 0 Å². The van der Waals surface area contributed by atoms with Gasteiger partial charge >= 0.3 is 35.8 Å². The first-order valence-electron chi connectivity index (χ1n) is 41.5. The van der Waals surface area contributed by atoms with Gasteiger partial charge in [0.15, 0.2) is 118 Å². The van der Waals surface area contributed by atoms with E-state index in [1.165, 1.54) is 0 Å². The lowest BCUT2D eigenvalue weighted by Crippen LogP contribution is -2.68. The van der Waals surface area contributed by atoms with Gasteiger partial charge in [0.1, 0.15) is 238 Å². The van der Waals surface area contributed by atoms with Crippen LogP contribution in [-0.4, -0.2) is 612 Å². The highest BCUT2D eigenvalue weighted by Crippen LogP contribution is 2.42. The van der Waals surface area contributed by atoms with Crippen molar-refractivity contribution in [1.29, 1.82) is 0 Å². The predicted octanol–water partition coefficient (Wildman–Crippen LogP) is -24.3. The molecule has 0 bridgehead atoms. The zero-order valence-corrected chi connectivity index (χ0v) is 69.3. The zero-order valence-electron chi connectivity index (χ0n) is 69.3. The molecule has 0 spiro atoms. The number of hydrogen-bond donors (Lipinski definition) is 34. The van der Waals surface area contributed by atoms with Crippen LogP contribution in [0.5, 0.6) is 0 Å². The second-order valence-electron chi connectivity index (χ2n) is 33.5. The Morgan fingerprint density at radius 2 is 0.294 bits per heavy atom. The van der Waals surface area contributed by atoms with E-state index in [1.54, 1.807) is 0 Å². The summed E-state index contributed by atoms with van der Waals surface area (Å²) < 4.78 is 136. The van der Waals surface area contributed by atoms with Crippen molar-refractivity contribution in [3.05, 3.63) is 0 Å². The molecule has 13 rings (SSSR count). The number of rotatable bonds is 30. The highest BCUT2D eigenvalue weighted by atomic mass is 16.8. The number of ether oxygens (including phenoxy) is 25. The lowest BCUT2D eigenvalue weighted by molar-refractivity contribution is -0.390. The molecular formula is C71H106O65. The third-order valence-corrected chi connectivity index (χ3v) is 24.2. The van der Waals surface area contributed by atoms with Crippen LogP contribution in [0.4, 0.5) is 0 Å². The van der Waals surface area contributed by atoms with E-state index in [0.717, 1.165) is 0 Å². The minimum atomic E-state index is -2.62. The first-order chi connectivity index (χ1) is 64.0. The summed E-state index contributed by atoms with van der Waals surface area (Å²) >= 11 is 0. The number of aliphatic hydroxyl groups excluding tert-OH is 28. The smallest absolute Gasteiger partial charge is 0.335 e. The SMILES string of the molecule is O=C(O)[C@H]1O[C@@H](O[C@@H]2[C@@H](O)[C@@H](O[C@@H]3[C@@H](O)[C@H](O[C@@H]4[C@@H](O)[C@@H](O[C@@H]5[C@@H](O)[C@H](O[C@@H]6[C@@H](O)[C@@H](O[C@@H]7[C@@H](O)[C@H](O[C@@H]8[C@@H](O)[C@@H](O[C@@H]9[C@@H](O)[C@H](O[C@@H]%10[C@@H](O)[C@@H](O[C@@H]%11[C@@H](O)[C@H](O[C@@H]%12[C@@H](O)[C@@H](O)OC[C@H]%12O)O[C@H](C(=O)O)[C@H]%11O)OC[C@H]%10O)O[C@H](C(=O)O)[C@H]9O)OC[C@H]8O)O[C@H](C(=O)O)[C@H]7O)OC[C@H]6O)O[C@H](C(=O)O)[C@H]5O)OC[C@H]4O)O[C@H](C(=O)O)[C@H]3O)OC[C@H]2O)[C@H](O)[C@@H](O[C@H]2OC[C@@H](O)[C@H](O)[C@H]2O)[C@@H]1O. The molecule has 136 heavy (non-hydrogen) atoms. The van der Waals surface area contributed by atoms with Gasteiger partial charge in [-0.15, -0.1) is 0 Å². The summed E-state index contributed by atoms with van der Waals surface area (Å²) in [4.78, 5) is 75.4. The first kappa shape index (κ1) is 108. The number of aliphatic hydroxyl groups is 28. The van der Waals surface area contributed by atoms with Crippen molar-refractivity contribution in [2.75, 3.05) is 46.2 Å². The average molecular weight is 2000 g/mol. The molecule has 34 N–H and O–H groups in total. The molecule has 13 saturated heterocycles. The molecule has 0 aromatic heterocycles. The molecule has 0 saturated carbocycles. The molecule has 0 unspecified atom stereocenters. The van der Waals surface area contributed by atoms with Gasteiger partial charge in [0, 0.05) is 0 Å². The zero-order chi connectivity index (χ0) is 99.6. The predicted molar refractivity (Wildman–Crippen MR) is 389 cm³/mol. The van der Waals surface area contributed by atoms with Gasteiger partial charge in [0.2, 0.25) is 0 Å². The van der Waals surface area contributed by atoms with Crippen LogP contribution in [0.25, 0.3) is 0 Å². The van der Waals surface area contributed by atoms with Gasteiger partial charge in [0.25, 0.3) is 0 Å². The van der Waals surface area contributed by atoms with Crippen LogP contribution in [0.15, 0.2) is 0 Å². The fraction of sp³-hybridized carbons (Fsp3) is 0.915. The van der Waals surface area contributed by atoms with Gasteiger partial charge in [0.05, 0.1) is 46.2 Å². The molecule has 13 aliphatic heterocycles. The summed E-state index contributed by atoms with van der Waals surface area (Å²) in [6, 6.07) is 0. The number of aliphatic carboxylic acids is 6. The van der Waals surface area contributed by atoms with Crippen LogP contribution in [-0.2, 0) is 147 Å². The Hall–Kier alpha value is -5.30. The Morgan fingerprint density at radius 1 is 0.154 bits per heavy atom. The first-order valence-corrected chi connectivity index (χ1v) is 41.5. The van der Waals surface area contributed by atoms with Crippen LogP contribution in [0.1, 0.15) is 0 Å². The van der Waals surface area contributed by atoms with Crippen LogP contribution in [0.2, 0.25) is 0 Å². The summed E-state index contributed by atoms with van der Waals surface area (Å²) in [6.45, 7) is -6.43. The van der Waals surface area contributed by atoms with E-state index >= 15 is 0 Å². The lowest BCUT2D eigenvalue weighted by Gasteiger charge is -2.48. The number of carboxylic acids is 6. The van der Waals surface area contributed by atoms with E-state index in [0.29, 0.717) is 0 Å². The molecule has 0 aliphatic carbocycles. The topological polar surface area (TPSA) is 1020 Å². The van der Waals surface area contributed by atoms with E-state index < -0.39 is 439 Å². The Bertz CT molecular complexity index is 3890. The maximum Gasteiger partial charge on any atom is 0.335 e. The quantitative estimate of drug-likeness (QED) is 0.0318. The second kappa shape index (κ2) is 44.9. The fourth-order valence-electron chi connectivity index (χ4n) is 16.9. The summed E-state index contributed by atoms with van der Waals surface area (Å²) in [5.74, 6) is -12.1. The van der Waals surface area contributed by atoms with Crippen LogP contribution < -0.4 is 0 Å². The van der Waals surface area contributed by atoms with Crippen LogP contribution in [0.3, 0.4) is 0 Å². The Balaban J connectivity index is 0.638. The normalized spacial score (nSPS) is 52.2.